The van der Waals surface area contributed by atoms with Gasteiger partial charge in [-0.2, -0.15) is 0 Å². The summed E-state index contributed by atoms with van der Waals surface area (Å²) >= 11 is 0. The maximum atomic E-state index is 11.0. The van der Waals surface area contributed by atoms with Gasteiger partial charge in [-0.1, -0.05) is 20.8 Å². The minimum atomic E-state index is -1.03. The molecule has 0 spiro atoms. The molecule has 0 saturated heterocycles. The number of carbonyl (C=O) groups is 2. The molecular weight excluding hydrogens is 169 g/mol. The standard InChI is InChI=1S/C7H13NO3.Na.H/c1-7(2,3)6(11)8-4-5(9)10;;/h4H2,1-3H3,(H,8,11)(H,9,10);;/q;+1;-1. The van der Waals surface area contributed by atoms with Gasteiger partial charge in [-0.05, 0) is 0 Å². The molecule has 0 aliphatic heterocycles. The van der Waals surface area contributed by atoms with Crippen molar-refractivity contribution in [3.8, 4) is 0 Å². The molecule has 0 radical (unpaired) electrons. The van der Waals surface area contributed by atoms with Crippen LogP contribution in [0.2, 0.25) is 0 Å². The van der Waals surface area contributed by atoms with Crippen LogP contribution in [0.3, 0.4) is 0 Å². The predicted molar refractivity (Wildman–Crippen MR) is 41.2 cm³/mol. The zero-order chi connectivity index (χ0) is 9.07. The van der Waals surface area contributed by atoms with Crippen LogP contribution in [0.25, 0.3) is 0 Å². The first-order valence-electron chi connectivity index (χ1n) is 3.34. The second-order valence-electron chi connectivity index (χ2n) is 3.33. The molecule has 0 saturated carbocycles. The third kappa shape index (κ3) is 6.64. The van der Waals surface area contributed by atoms with Gasteiger partial charge in [-0.3, -0.25) is 9.59 Å². The number of hydrogen-bond acceptors (Lipinski definition) is 2. The van der Waals surface area contributed by atoms with Gasteiger partial charge in [-0.25, -0.2) is 0 Å². The van der Waals surface area contributed by atoms with Crippen molar-refractivity contribution in [1.29, 1.82) is 0 Å². The molecule has 0 aromatic carbocycles. The van der Waals surface area contributed by atoms with Crippen LogP contribution in [-0.2, 0) is 9.59 Å². The van der Waals surface area contributed by atoms with Crippen molar-refractivity contribution in [2.45, 2.75) is 20.8 Å². The second kappa shape index (κ2) is 5.56. The number of rotatable bonds is 2. The summed E-state index contributed by atoms with van der Waals surface area (Å²) in [5.41, 5.74) is -0.518. The Morgan fingerprint density at radius 2 is 1.83 bits per heavy atom. The Hall–Kier alpha value is -0.0600. The predicted octanol–water partition coefficient (Wildman–Crippen LogP) is -2.65. The second-order valence-corrected chi connectivity index (χ2v) is 3.33. The molecule has 0 fully saturated rings. The van der Waals surface area contributed by atoms with Crippen molar-refractivity contribution in [2.24, 2.45) is 5.41 Å². The van der Waals surface area contributed by atoms with E-state index in [1.807, 2.05) is 0 Å². The first-order valence-corrected chi connectivity index (χ1v) is 3.34. The van der Waals surface area contributed by atoms with E-state index in [0.29, 0.717) is 0 Å². The average Bonchev–Trinajstić information content (AvgIpc) is 1.80. The molecule has 66 valence electrons. The summed E-state index contributed by atoms with van der Waals surface area (Å²) in [6.45, 7) is 4.87. The van der Waals surface area contributed by atoms with E-state index in [1.165, 1.54) is 0 Å². The van der Waals surface area contributed by atoms with Crippen LogP contribution >= 0.6 is 0 Å². The van der Waals surface area contributed by atoms with Crippen molar-refractivity contribution in [2.75, 3.05) is 6.54 Å². The number of carbonyl (C=O) groups excluding carboxylic acids is 1. The SMILES string of the molecule is CC(C)(C)C(=O)NCC(=O)O.[H-].[Na+]. The minimum absolute atomic E-state index is 0. The van der Waals surface area contributed by atoms with Crippen molar-refractivity contribution < 1.29 is 45.7 Å². The Morgan fingerprint density at radius 3 is 2.08 bits per heavy atom. The smallest absolute Gasteiger partial charge is 1.00 e. The van der Waals surface area contributed by atoms with Crippen molar-refractivity contribution >= 4 is 11.9 Å². The van der Waals surface area contributed by atoms with Gasteiger partial charge in [0, 0.05) is 5.41 Å². The quantitative estimate of drug-likeness (QED) is 0.459. The van der Waals surface area contributed by atoms with Gasteiger partial charge >= 0.3 is 35.5 Å². The Bertz CT molecular complexity index is 179. The third-order valence-corrected chi connectivity index (χ3v) is 1.08. The van der Waals surface area contributed by atoms with Crippen LogP contribution in [0.4, 0.5) is 0 Å². The summed E-state index contributed by atoms with van der Waals surface area (Å²) < 4.78 is 0. The first-order chi connectivity index (χ1) is 4.84. The van der Waals surface area contributed by atoms with E-state index in [-0.39, 0.29) is 43.4 Å². The molecule has 5 heteroatoms. The molecule has 0 bridgehead atoms. The minimum Gasteiger partial charge on any atom is -1.00 e. The van der Waals surface area contributed by atoms with Crippen LogP contribution in [0.5, 0.6) is 0 Å². The van der Waals surface area contributed by atoms with Gasteiger partial charge in [0.1, 0.15) is 6.54 Å². The van der Waals surface area contributed by atoms with Crippen LogP contribution in [0, 0.1) is 5.41 Å². The maximum absolute atomic E-state index is 11.0. The number of hydrogen-bond donors (Lipinski definition) is 2. The molecule has 4 nitrogen and oxygen atoms in total. The van der Waals surface area contributed by atoms with Gasteiger partial charge in [0.15, 0.2) is 0 Å². The van der Waals surface area contributed by atoms with E-state index in [1.54, 1.807) is 20.8 Å². The largest absolute Gasteiger partial charge is 1.00 e. The molecule has 0 aliphatic carbocycles. The summed E-state index contributed by atoms with van der Waals surface area (Å²) in [5, 5.41) is 10.5. The first kappa shape index (κ1) is 14.5. The fraction of sp³-hybridized carbons (Fsp3) is 0.714. The maximum Gasteiger partial charge on any atom is 1.00 e. The number of carboxylic acids is 1. The Labute approximate surface area is 95.5 Å². The van der Waals surface area contributed by atoms with Crippen LogP contribution in [0.1, 0.15) is 22.2 Å². The zero-order valence-corrected chi connectivity index (χ0v) is 9.97. The van der Waals surface area contributed by atoms with Crippen LogP contribution in [-0.4, -0.2) is 23.5 Å². The molecule has 1 amide bonds. The number of aliphatic carboxylic acids is 1. The topological polar surface area (TPSA) is 66.4 Å². The van der Waals surface area contributed by atoms with E-state index in [2.05, 4.69) is 5.32 Å². The summed E-state index contributed by atoms with van der Waals surface area (Å²) in [7, 11) is 0. The number of amides is 1. The number of nitrogens with one attached hydrogen (secondary N) is 1. The molecule has 12 heavy (non-hydrogen) atoms. The normalized spacial score (nSPS) is 9.92. The molecular formula is C7H14NNaO3. The fourth-order valence-electron chi connectivity index (χ4n) is 0.421. The van der Waals surface area contributed by atoms with Crippen molar-refractivity contribution in [3.05, 3.63) is 0 Å². The molecule has 0 unspecified atom stereocenters. The molecule has 0 aromatic rings. The van der Waals surface area contributed by atoms with Crippen LogP contribution < -0.4 is 34.9 Å². The van der Waals surface area contributed by atoms with Crippen molar-refractivity contribution in [3.63, 3.8) is 0 Å². The van der Waals surface area contributed by atoms with E-state index in [4.69, 9.17) is 5.11 Å². The summed E-state index contributed by atoms with van der Waals surface area (Å²) in [4.78, 5) is 21.0. The molecule has 0 atom stereocenters. The Kier molecular flexibility index (Phi) is 6.70. The van der Waals surface area contributed by atoms with Gasteiger partial charge in [-0.15, -0.1) is 0 Å². The molecule has 0 heterocycles. The summed E-state index contributed by atoms with van der Waals surface area (Å²) in [6, 6.07) is 0. The van der Waals surface area contributed by atoms with E-state index in [0.717, 1.165) is 0 Å². The van der Waals surface area contributed by atoms with Crippen molar-refractivity contribution in [1.82, 2.24) is 5.32 Å². The Morgan fingerprint density at radius 1 is 1.42 bits per heavy atom. The molecule has 0 aliphatic rings. The molecule has 0 rings (SSSR count). The van der Waals surface area contributed by atoms with E-state index < -0.39 is 11.4 Å². The average molecular weight is 183 g/mol. The summed E-state index contributed by atoms with van der Waals surface area (Å²) in [5.74, 6) is -1.28. The van der Waals surface area contributed by atoms with E-state index >= 15 is 0 Å². The van der Waals surface area contributed by atoms with E-state index in [9.17, 15) is 9.59 Å². The van der Waals surface area contributed by atoms with Gasteiger partial charge < -0.3 is 11.8 Å². The third-order valence-electron chi connectivity index (χ3n) is 1.08. The Balaban J connectivity index is -0.000000500. The zero-order valence-electron chi connectivity index (χ0n) is 8.97. The number of carboxylic acid groups (broad SMARTS) is 1. The fourth-order valence-corrected chi connectivity index (χ4v) is 0.421. The summed E-state index contributed by atoms with van der Waals surface area (Å²) in [6.07, 6.45) is 0. The van der Waals surface area contributed by atoms with Gasteiger partial charge in [0.25, 0.3) is 0 Å². The molecule has 2 N–H and O–H groups in total. The van der Waals surface area contributed by atoms with Crippen LogP contribution in [0.15, 0.2) is 0 Å². The molecule has 0 aromatic heterocycles. The van der Waals surface area contributed by atoms with Gasteiger partial charge in [0.2, 0.25) is 5.91 Å². The monoisotopic (exact) mass is 183 g/mol. The van der Waals surface area contributed by atoms with Gasteiger partial charge in [0.05, 0.1) is 0 Å².